The van der Waals surface area contributed by atoms with Crippen molar-refractivity contribution in [3.05, 3.63) is 23.8 Å². The van der Waals surface area contributed by atoms with Crippen LogP contribution in [0, 0.1) is 5.92 Å². The molecule has 0 bridgehead atoms. The van der Waals surface area contributed by atoms with Crippen molar-refractivity contribution in [1.29, 1.82) is 0 Å². The number of nitrogens with zero attached hydrogens (tertiary/aromatic N) is 1. The van der Waals surface area contributed by atoms with E-state index in [1.165, 1.54) is 0 Å². The number of piperidine rings is 1. The fraction of sp³-hybridized carbons (Fsp3) is 0.667. The molecule has 22 heavy (non-hydrogen) atoms. The average molecular weight is 307 g/mol. The molecule has 4 heteroatoms. The molecule has 1 aromatic carbocycles. The van der Waals surface area contributed by atoms with Gasteiger partial charge in [0.1, 0.15) is 0 Å². The van der Waals surface area contributed by atoms with E-state index in [9.17, 15) is 5.11 Å². The maximum atomic E-state index is 10.3. The molecule has 4 nitrogen and oxygen atoms in total. The Morgan fingerprint density at radius 2 is 2.14 bits per heavy atom. The highest BCUT2D eigenvalue weighted by Crippen LogP contribution is 2.34. The first-order chi connectivity index (χ1) is 10.7. The molecule has 1 N–H and O–H groups in total. The maximum absolute atomic E-state index is 10.3. The summed E-state index contributed by atoms with van der Waals surface area (Å²) in [6.07, 6.45) is 2.42. The lowest BCUT2D eigenvalue weighted by Gasteiger charge is -2.36. The molecular weight excluding hydrogens is 278 g/mol. The summed E-state index contributed by atoms with van der Waals surface area (Å²) >= 11 is 0. The molecule has 2 rings (SSSR count). The quantitative estimate of drug-likeness (QED) is 0.841. The van der Waals surface area contributed by atoms with Crippen LogP contribution < -0.4 is 9.47 Å². The topological polar surface area (TPSA) is 41.9 Å². The van der Waals surface area contributed by atoms with Crippen LogP contribution in [0.25, 0.3) is 0 Å². The zero-order valence-electron chi connectivity index (χ0n) is 14.0. The number of hydrogen-bond acceptors (Lipinski definition) is 4. The van der Waals surface area contributed by atoms with Crippen molar-refractivity contribution < 1.29 is 14.6 Å². The molecule has 0 aromatic heterocycles. The maximum Gasteiger partial charge on any atom is 0.164 e. The molecule has 0 radical (unpaired) electrons. The van der Waals surface area contributed by atoms with Gasteiger partial charge in [0.2, 0.25) is 0 Å². The Kier molecular flexibility index (Phi) is 6.52. The summed E-state index contributed by atoms with van der Waals surface area (Å²) in [6.45, 7) is 7.94. The summed E-state index contributed by atoms with van der Waals surface area (Å²) < 4.78 is 11.4. The van der Waals surface area contributed by atoms with Gasteiger partial charge >= 0.3 is 0 Å². The van der Waals surface area contributed by atoms with Gasteiger partial charge in [0.05, 0.1) is 19.8 Å². The Hall–Kier alpha value is -1.26. The van der Waals surface area contributed by atoms with Crippen molar-refractivity contribution >= 4 is 0 Å². The summed E-state index contributed by atoms with van der Waals surface area (Å²) in [5, 5.41) is 10.3. The lowest BCUT2D eigenvalue weighted by atomic mass is 9.88. The Morgan fingerprint density at radius 1 is 1.32 bits per heavy atom. The molecule has 1 saturated heterocycles. The monoisotopic (exact) mass is 307 g/mol. The SMILES string of the molecule is CCCOc1c(CC2CN(CC)CCC2O)cccc1OC. The fourth-order valence-electron chi connectivity index (χ4n) is 3.12. The van der Waals surface area contributed by atoms with Gasteiger partial charge in [-0.3, -0.25) is 0 Å². The molecule has 1 aliphatic heterocycles. The zero-order chi connectivity index (χ0) is 15.9. The predicted octanol–water partition coefficient (Wildman–Crippen LogP) is 2.73. The molecule has 124 valence electrons. The highest BCUT2D eigenvalue weighted by atomic mass is 16.5. The van der Waals surface area contributed by atoms with E-state index in [1.807, 2.05) is 12.1 Å². The van der Waals surface area contributed by atoms with Gasteiger partial charge < -0.3 is 19.5 Å². The van der Waals surface area contributed by atoms with Gasteiger partial charge in [-0.2, -0.15) is 0 Å². The van der Waals surface area contributed by atoms with Crippen molar-refractivity contribution in [2.45, 2.75) is 39.2 Å². The minimum atomic E-state index is -0.229. The first-order valence-corrected chi connectivity index (χ1v) is 8.38. The van der Waals surface area contributed by atoms with Crippen LogP contribution in [0.2, 0.25) is 0 Å². The number of aliphatic hydroxyl groups is 1. The number of hydrogen-bond donors (Lipinski definition) is 1. The molecule has 2 unspecified atom stereocenters. The Balaban J connectivity index is 2.16. The van der Waals surface area contributed by atoms with Crippen LogP contribution in [-0.4, -0.2) is 49.5 Å². The van der Waals surface area contributed by atoms with Crippen molar-refractivity contribution in [2.75, 3.05) is 33.4 Å². The van der Waals surface area contributed by atoms with E-state index in [-0.39, 0.29) is 12.0 Å². The molecule has 2 atom stereocenters. The van der Waals surface area contributed by atoms with Gasteiger partial charge in [-0.05, 0) is 37.4 Å². The van der Waals surface area contributed by atoms with E-state index in [0.717, 1.165) is 56.0 Å². The first-order valence-electron chi connectivity index (χ1n) is 8.38. The average Bonchev–Trinajstić information content (AvgIpc) is 2.55. The number of aliphatic hydroxyl groups excluding tert-OH is 1. The van der Waals surface area contributed by atoms with Gasteiger partial charge in [0, 0.05) is 19.0 Å². The first kappa shape index (κ1) is 17.1. The minimum absolute atomic E-state index is 0.229. The highest BCUT2D eigenvalue weighted by molar-refractivity contribution is 5.47. The Labute approximate surface area is 134 Å². The van der Waals surface area contributed by atoms with Crippen LogP contribution in [0.5, 0.6) is 11.5 Å². The van der Waals surface area contributed by atoms with Gasteiger partial charge in [0.15, 0.2) is 11.5 Å². The number of methoxy groups -OCH3 is 1. The number of ether oxygens (including phenoxy) is 2. The lowest BCUT2D eigenvalue weighted by Crippen LogP contribution is -2.43. The summed E-state index contributed by atoms with van der Waals surface area (Å²) in [7, 11) is 1.67. The van der Waals surface area contributed by atoms with E-state index in [2.05, 4.69) is 24.8 Å². The molecule has 0 spiro atoms. The summed E-state index contributed by atoms with van der Waals surface area (Å²) in [5.41, 5.74) is 1.13. The van der Waals surface area contributed by atoms with Crippen molar-refractivity contribution in [3.8, 4) is 11.5 Å². The zero-order valence-corrected chi connectivity index (χ0v) is 14.0. The van der Waals surface area contributed by atoms with E-state index in [4.69, 9.17) is 9.47 Å². The second-order valence-corrected chi connectivity index (χ2v) is 6.01. The van der Waals surface area contributed by atoms with Crippen LogP contribution in [0.4, 0.5) is 0 Å². The molecular formula is C18H29NO3. The summed E-state index contributed by atoms with van der Waals surface area (Å²) in [6, 6.07) is 6.02. The van der Waals surface area contributed by atoms with E-state index in [1.54, 1.807) is 7.11 Å². The second-order valence-electron chi connectivity index (χ2n) is 6.01. The standard InChI is InChI=1S/C18H29NO3/c1-4-11-22-18-14(7-6-8-17(18)21-3)12-15-13-19(5-2)10-9-16(15)20/h6-8,15-16,20H,4-5,9-13H2,1-3H3. The lowest BCUT2D eigenvalue weighted by molar-refractivity contribution is 0.0287. The summed E-state index contributed by atoms with van der Waals surface area (Å²) in [4.78, 5) is 2.41. The summed E-state index contributed by atoms with van der Waals surface area (Å²) in [5.74, 6) is 1.88. The molecule has 1 aliphatic rings. The predicted molar refractivity (Wildman–Crippen MR) is 88.7 cm³/mol. The van der Waals surface area contributed by atoms with E-state index < -0.39 is 0 Å². The molecule has 0 saturated carbocycles. The second kappa shape index (κ2) is 8.39. The smallest absolute Gasteiger partial charge is 0.164 e. The Bertz CT molecular complexity index is 464. The third-order valence-electron chi connectivity index (χ3n) is 4.44. The number of para-hydroxylation sites is 1. The number of benzene rings is 1. The third-order valence-corrected chi connectivity index (χ3v) is 4.44. The minimum Gasteiger partial charge on any atom is -0.493 e. The van der Waals surface area contributed by atoms with Crippen molar-refractivity contribution in [2.24, 2.45) is 5.92 Å². The van der Waals surface area contributed by atoms with Gasteiger partial charge in [-0.15, -0.1) is 0 Å². The normalized spacial score (nSPS) is 22.5. The van der Waals surface area contributed by atoms with Crippen molar-refractivity contribution in [1.82, 2.24) is 4.90 Å². The van der Waals surface area contributed by atoms with Gasteiger partial charge in [-0.1, -0.05) is 26.0 Å². The number of likely N-dealkylation sites (tertiary alicyclic amines) is 1. The van der Waals surface area contributed by atoms with Gasteiger partial charge in [-0.25, -0.2) is 0 Å². The third kappa shape index (κ3) is 4.14. The molecule has 1 heterocycles. The molecule has 1 fully saturated rings. The van der Waals surface area contributed by atoms with Crippen LogP contribution >= 0.6 is 0 Å². The van der Waals surface area contributed by atoms with Crippen LogP contribution in [-0.2, 0) is 6.42 Å². The van der Waals surface area contributed by atoms with Gasteiger partial charge in [0.25, 0.3) is 0 Å². The largest absolute Gasteiger partial charge is 0.493 e. The Morgan fingerprint density at radius 3 is 2.82 bits per heavy atom. The van der Waals surface area contributed by atoms with Crippen LogP contribution in [0.3, 0.4) is 0 Å². The molecule has 0 amide bonds. The molecule has 0 aliphatic carbocycles. The van der Waals surface area contributed by atoms with Crippen LogP contribution in [0.15, 0.2) is 18.2 Å². The van der Waals surface area contributed by atoms with E-state index >= 15 is 0 Å². The van der Waals surface area contributed by atoms with E-state index in [0.29, 0.717) is 6.61 Å². The number of rotatable bonds is 7. The molecule has 1 aromatic rings. The highest BCUT2D eigenvalue weighted by Gasteiger charge is 2.28. The van der Waals surface area contributed by atoms with Crippen molar-refractivity contribution in [3.63, 3.8) is 0 Å². The van der Waals surface area contributed by atoms with Crippen LogP contribution in [0.1, 0.15) is 32.3 Å². The fourth-order valence-corrected chi connectivity index (χ4v) is 3.12.